The van der Waals surface area contributed by atoms with E-state index in [0.29, 0.717) is 30.0 Å². The van der Waals surface area contributed by atoms with Crippen LogP contribution in [0.25, 0.3) is 21.9 Å². The minimum atomic E-state index is -0.291. The third kappa shape index (κ3) is 2.09. The van der Waals surface area contributed by atoms with Crippen LogP contribution in [0.4, 0.5) is 4.39 Å². The smallest absolute Gasteiger partial charge is 0.251 e. The second kappa shape index (κ2) is 5.21. The predicted molar refractivity (Wildman–Crippen MR) is 91.5 cm³/mol. The molecule has 2 heterocycles. The zero-order valence-electron chi connectivity index (χ0n) is 13.3. The van der Waals surface area contributed by atoms with Crippen LogP contribution in [-0.4, -0.2) is 19.2 Å². The number of nitrogens with one attached hydrogen (secondary N) is 1. The van der Waals surface area contributed by atoms with Crippen LogP contribution in [-0.2, 0) is 6.42 Å². The normalized spacial score (nSPS) is 15.2. The van der Waals surface area contributed by atoms with Crippen LogP contribution in [0.2, 0.25) is 0 Å². The Bertz CT molecular complexity index is 1030. The van der Waals surface area contributed by atoms with Crippen LogP contribution in [0.3, 0.4) is 0 Å². The SMILES string of the molecule is O=C1NCCc2c1cc1ccc3c(c1c2-c1ccc(F)cc1)OCO3. The third-order valence-corrected chi connectivity index (χ3v) is 4.79. The number of amides is 1. The third-order valence-electron chi connectivity index (χ3n) is 4.79. The van der Waals surface area contributed by atoms with E-state index in [1.54, 1.807) is 12.1 Å². The maximum absolute atomic E-state index is 13.4. The first-order valence-corrected chi connectivity index (χ1v) is 8.15. The Kier molecular flexibility index (Phi) is 2.98. The van der Waals surface area contributed by atoms with Crippen molar-refractivity contribution in [2.75, 3.05) is 13.3 Å². The number of benzene rings is 3. The Hall–Kier alpha value is -3.08. The standard InChI is InChI=1S/C20H14FNO3/c21-13-4-1-11(2-5-13)17-14-7-8-22-20(23)15(14)9-12-3-6-16-19(18(12)17)25-10-24-16/h1-6,9H,7-8,10H2,(H,22,23). The molecule has 0 spiro atoms. The van der Waals surface area contributed by atoms with E-state index in [1.165, 1.54) is 12.1 Å². The fourth-order valence-corrected chi connectivity index (χ4v) is 3.69. The van der Waals surface area contributed by atoms with E-state index in [9.17, 15) is 9.18 Å². The van der Waals surface area contributed by atoms with Gasteiger partial charge < -0.3 is 14.8 Å². The summed E-state index contributed by atoms with van der Waals surface area (Å²) in [6.07, 6.45) is 0.717. The molecule has 2 aliphatic rings. The van der Waals surface area contributed by atoms with Gasteiger partial charge in [-0.1, -0.05) is 18.2 Å². The number of hydrogen-bond acceptors (Lipinski definition) is 3. The molecule has 0 aliphatic carbocycles. The Labute approximate surface area is 143 Å². The molecule has 0 atom stereocenters. The summed E-state index contributed by atoms with van der Waals surface area (Å²) >= 11 is 0. The van der Waals surface area contributed by atoms with E-state index in [-0.39, 0.29) is 18.5 Å². The van der Waals surface area contributed by atoms with Gasteiger partial charge in [-0.25, -0.2) is 4.39 Å². The summed E-state index contributed by atoms with van der Waals surface area (Å²) in [5.74, 6) is 1.01. The van der Waals surface area contributed by atoms with Crippen molar-refractivity contribution in [3.8, 4) is 22.6 Å². The van der Waals surface area contributed by atoms with Gasteiger partial charge in [0.2, 0.25) is 6.79 Å². The lowest BCUT2D eigenvalue weighted by Gasteiger charge is -2.22. The van der Waals surface area contributed by atoms with Crippen LogP contribution in [0.1, 0.15) is 15.9 Å². The molecule has 0 aromatic heterocycles. The van der Waals surface area contributed by atoms with Crippen LogP contribution in [0, 0.1) is 5.82 Å². The molecule has 124 valence electrons. The Morgan fingerprint density at radius 2 is 1.88 bits per heavy atom. The number of rotatable bonds is 1. The van der Waals surface area contributed by atoms with Gasteiger partial charge in [0, 0.05) is 17.5 Å². The molecule has 0 fully saturated rings. The van der Waals surface area contributed by atoms with Gasteiger partial charge in [0.15, 0.2) is 11.5 Å². The molecule has 2 aliphatic heterocycles. The van der Waals surface area contributed by atoms with E-state index in [4.69, 9.17) is 9.47 Å². The number of halogens is 1. The molecule has 5 rings (SSSR count). The highest BCUT2D eigenvalue weighted by atomic mass is 19.1. The Balaban J connectivity index is 1.93. The van der Waals surface area contributed by atoms with Crippen molar-refractivity contribution in [1.82, 2.24) is 5.32 Å². The summed E-state index contributed by atoms with van der Waals surface area (Å²) in [7, 11) is 0. The van der Waals surface area contributed by atoms with Crippen molar-refractivity contribution >= 4 is 16.7 Å². The second-order valence-electron chi connectivity index (χ2n) is 6.19. The highest BCUT2D eigenvalue weighted by Gasteiger charge is 2.27. The number of carbonyl (C=O) groups is 1. The molecule has 0 radical (unpaired) electrons. The lowest BCUT2D eigenvalue weighted by atomic mass is 9.86. The maximum Gasteiger partial charge on any atom is 0.251 e. The minimum Gasteiger partial charge on any atom is -0.454 e. The monoisotopic (exact) mass is 335 g/mol. The minimum absolute atomic E-state index is 0.0795. The first-order valence-electron chi connectivity index (χ1n) is 8.15. The summed E-state index contributed by atoms with van der Waals surface area (Å²) in [6.45, 7) is 0.757. The van der Waals surface area contributed by atoms with Crippen molar-refractivity contribution in [3.05, 3.63) is 59.4 Å². The van der Waals surface area contributed by atoms with Crippen molar-refractivity contribution in [2.45, 2.75) is 6.42 Å². The topological polar surface area (TPSA) is 47.6 Å². The number of ether oxygens (including phenoxy) is 2. The van der Waals surface area contributed by atoms with E-state index >= 15 is 0 Å². The molecular weight excluding hydrogens is 321 g/mol. The highest BCUT2D eigenvalue weighted by Crippen LogP contribution is 2.46. The molecule has 0 bridgehead atoms. The summed E-state index contributed by atoms with van der Waals surface area (Å²) in [5.41, 5.74) is 3.41. The summed E-state index contributed by atoms with van der Waals surface area (Å²) in [6, 6.07) is 12.0. The van der Waals surface area contributed by atoms with Crippen molar-refractivity contribution in [2.24, 2.45) is 0 Å². The lowest BCUT2D eigenvalue weighted by molar-refractivity contribution is 0.0946. The molecule has 4 nitrogen and oxygen atoms in total. The first kappa shape index (κ1) is 14.3. The molecule has 5 heteroatoms. The number of hydrogen-bond donors (Lipinski definition) is 1. The fourth-order valence-electron chi connectivity index (χ4n) is 3.69. The highest BCUT2D eigenvalue weighted by molar-refractivity contribution is 6.10. The zero-order chi connectivity index (χ0) is 17.0. The number of fused-ring (bicyclic) bond motifs is 4. The second-order valence-corrected chi connectivity index (χ2v) is 6.19. The van der Waals surface area contributed by atoms with E-state index in [2.05, 4.69) is 5.32 Å². The van der Waals surface area contributed by atoms with Crippen LogP contribution in [0.5, 0.6) is 11.5 Å². The average Bonchev–Trinajstić information content (AvgIpc) is 3.10. The fraction of sp³-hybridized carbons (Fsp3) is 0.150. The predicted octanol–water partition coefficient (Wildman–Crippen LogP) is 3.66. The molecule has 0 unspecified atom stereocenters. The van der Waals surface area contributed by atoms with Crippen LogP contribution < -0.4 is 14.8 Å². The Morgan fingerprint density at radius 1 is 1.04 bits per heavy atom. The number of carbonyl (C=O) groups excluding carboxylic acids is 1. The molecule has 1 amide bonds. The van der Waals surface area contributed by atoms with Crippen molar-refractivity contribution in [3.63, 3.8) is 0 Å². The molecule has 3 aromatic carbocycles. The largest absolute Gasteiger partial charge is 0.454 e. The van der Waals surface area contributed by atoms with Gasteiger partial charge >= 0.3 is 0 Å². The molecule has 1 N–H and O–H groups in total. The molecule has 0 saturated heterocycles. The molecule has 3 aromatic rings. The molecule has 25 heavy (non-hydrogen) atoms. The van der Waals surface area contributed by atoms with Gasteiger partial charge in [-0.05, 0) is 52.8 Å². The molecular formula is C20H14FNO3. The quantitative estimate of drug-likeness (QED) is 0.738. The van der Waals surface area contributed by atoms with E-state index in [0.717, 1.165) is 27.5 Å². The summed E-state index contributed by atoms with van der Waals surface area (Å²) < 4.78 is 24.7. The van der Waals surface area contributed by atoms with Crippen LogP contribution >= 0.6 is 0 Å². The zero-order valence-corrected chi connectivity index (χ0v) is 13.3. The van der Waals surface area contributed by atoms with E-state index in [1.807, 2.05) is 18.2 Å². The summed E-state index contributed by atoms with van der Waals surface area (Å²) in [4.78, 5) is 12.4. The van der Waals surface area contributed by atoms with Gasteiger partial charge in [0.25, 0.3) is 5.91 Å². The van der Waals surface area contributed by atoms with Gasteiger partial charge in [0.05, 0.1) is 0 Å². The lowest BCUT2D eigenvalue weighted by Crippen LogP contribution is -2.32. The van der Waals surface area contributed by atoms with E-state index < -0.39 is 0 Å². The summed E-state index contributed by atoms with van der Waals surface area (Å²) in [5, 5.41) is 4.70. The first-order chi connectivity index (χ1) is 12.2. The van der Waals surface area contributed by atoms with Gasteiger partial charge in [-0.2, -0.15) is 0 Å². The molecule has 0 saturated carbocycles. The van der Waals surface area contributed by atoms with Crippen molar-refractivity contribution in [1.29, 1.82) is 0 Å². The maximum atomic E-state index is 13.4. The van der Waals surface area contributed by atoms with Crippen LogP contribution in [0.15, 0.2) is 42.5 Å². The van der Waals surface area contributed by atoms with Gasteiger partial charge in [0.1, 0.15) is 5.82 Å². The Morgan fingerprint density at radius 3 is 2.72 bits per heavy atom. The van der Waals surface area contributed by atoms with Gasteiger partial charge in [-0.3, -0.25) is 4.79 Å². The van der Waals surface area contributed by atoms with Gasteiger partial charge in [-0.15, -0.1) is 0 Å². The average molecular weight is 335 g/mol. The van der Waals surface area contributed by atoms with Crippen molar-refractivity contribution < 1.29 is 18.7 Å².